The van der Waals surface area contributed by atoms with Crippen molar-refractivity contribution in [3.8, 4) is 22.6 Å². The summed E-state index contributed by atoms with van der Waals surface area (Å²) in [4.78, 5) is 0. The van der Waals surface area contributed by atoms with Gasteiger partial charge in [-0.05, 0) is 41.5 Å². The number of halogens is 3. The maximum Gasteiger partial charge on any atom is 0.534 e. The Balaban J connectivity index is 2.10. The molecule has 9 heteroatoms. The molecule has 126 valence electrons. The van der Waals surface area contributed by atoms with Crippen molar-refractivity contribution in [3.63, 3.8) is 0 Å². The lowest BCUT2D eigenvalue weighted by atomic mass is 10.0. The molecule has 3 rings (SSSR count). The van der Waals surface area contributed by atoms with Crippen LogP contribution in [0.25, 0.3) is 22.1 Å². The summed E-state index contributed by atoms with van der Waals surface area (Å²) in [5.41, 5.74) is -4.44. The lowest BCUT2D eigenvalue weighted by molar-refractivity contribution is -0.0499. The van der Waals surface area contributed by atoms with E-state index in [0.29, 0.717) is 16.5 Å². The predicted molar refractivity (Wildman–Crippen MR) is 78.9 cm³/mol. The molecular formula is C15H9F3O5S. The van der Waals surface area contributed by atoms with E-state index in [4.69, 9.17) is 4.42 Å². The lowest BCUT2D eigenvalue weighted by Crippen LogP contribution is -2.28. The molecule has 0 aliphatic carbocycles. The van der Waals surface area contributed by atoms with E-state index in [1.54, 1.807) is 12.1 Å². The van der Waals surface area contributed by atoms with Crippen LogP contribution in [0, 0.1) is 0 Å². The van der Waals surface area contributed by atoms with Gasteiger partial charge in [-0.3, -0.25) is 0 Å². The average Bonchev–Trinajstić information content (AvgIpc) is 2.97. The Kier molecular flexibility index (Phi) is 3.67. The number of rotatable bonds is 3. The highest BCUT2D eigenvalue weighted by molar-refractivity contribution is 7.88. The zero-order chi connectivity index (χ0) is 17.5. The van der Waals surface area contributed by atoms with Crippen molar-refractivity contribution in [2.24, 2.45) is 0 Å². The molecule has 0 saturated heterocycles. The first-order valence-corrected chi connectivity index (χ1v) is 7.90. The molecule has 3 aromatic rings. The van der Waals surface area contributed by atoms with Crippen LogP contribution in [0.2, 0.25) is 0 Å². The maximum absolute atomic E-state index is 12.5. The first kappa shape index (κ1) is 16.2. The Bertz CT molecular complexity index is 988. The van der Waals surface area contributed by atoms with E-state index < -0.39 is 21.4 Å². The summed E-state index contributed by atoms with van der Waals surface area (Å²) in [5, 5.41) is 9.68. The summed E-state index contributed by atoms with van der Waals surface area (Å²) < 4.78 is 69.0. The molecule has 0 amide bonds. The standard InChI is InChI=1S/C15H9F3O5S/c16-15(17,18)24(20,21)23-13-6-5-11(12-7-8-22-14(12)13)9-1-3-10(19)4-2-9/h1-8,19H. The molecule has 0 aliphatic heterocycles. The Morgan fingerprint density at radius 2 is 1.67 bits per heavy atom. The van der Waals surface area contributed by atoms with Gasteiger partial charge in [-0.25, -0.2) is 0 Å². The quantitative estimate of drug-likeness (QED) is 0.565. The number of aromatic hydroxyl groups is 1. The number of phenols is 1. The van der Waals surface area contributed by atoms with Gasteiger partial charge in [0.15, 0.2) is 11.3 Å². The van der Waals surface area contributed by atoms with Crippen LogP contribution in [0.1, 0.15) is 0 Å². The van der Waals surface area contributed by atoms with Gasteiger partial charge in [0.25, 0.3) is 0 Å². The summed E-state index contributed by atoms with van der Waals surface area (Å²) in [6, 6.07) is 10.1. The molecule has 0 radical (unpaired) electrons. The molecule has 0 bridgehead atoms. The van der Waals surface area contributed by atoms with Crippen LogP contribution in [-0.2, 0) is 10.1 Å². The zero-order valence-corrected chi connectivity index (χ0v) is 12.6. The molecule has 2 aromatic carbocycles. The van der Waals surface area contributed by atoms with Gasteiger partial charge in [0.1, 0.15) is 5.75 Å². The number of alkyl halides is 3. The number of fused-ring (bicyclic) bond motifs is 1. The van der Waals surface area contributed by atoms with E-state index in [1.165, 1.54) is 30.5 Å². The van der Waals surface area contributed by atoms with E-state index in [1.807, 2.05) is 0 Å². The second kappa shape index (κ2) is 5.45. The molecule has 0 spiro atoms. The monoisotopic (exact) mass is 358 g/mol. The summed E-state index contributed by atoms with van der Waals surface area (Å²) in [6.07, 6.45) is 1.21. The summed E-state index contributed by atoms with van der Waals surface area (Å²) in [7, 11) is -5.80. The molecule has 0 unspecified atom stereocenters. The highest BCUT2D eigenvalue weighted by Crippen LogP contribution is 2.37. The van der Waals surface area contributed by atoms with Crippen molar-refractivity contribution in [1.29, 1.82) is 0 Å². The third-order valence-electron chi connectivity index (χ3n) is 3.24. The fourth-order valence-electron chi connectivity index (χ4n) is 2.16. The van der Waals surface area contributed by atoms with Gasteiger partial charge in [-0.15, -0.1) is 0 Å². The maximum atomic E-state index is 12.5. The SMILES string of the molecule is O=S(=O)(Oc1ccc(-c2ccc(O)cc2)c2ccoc12)C(F)(F)F. The normalized spacial score (nSPS) is 12.5. The molecule has 1 N–H and O–H groups in total. The molecule has 5 nitrogen and oxygen atoms in total. The first-order chi connectivity index (χ1) is 11.2. The lowest BCUT2D eigenvalue weighted by Gasteiger charge is -2.11. The molecule has 1 heterocycles. The van der Waals surface area contributed by atoms with Crippen molar-refractivity contribution < 1.29 is 35.3 Å². The number of benzene rings is 2. The van der Waals surface area contributed by atoms with Crippen LogP contribution in [0.3, 0.4) is 0 Å². The van der Waals surface area contributed by atoms with Crippen LogP contribution >= 0.6 is 0 Å². The Hall–Kier alpha value is -2.68. The first-order valence-electron chi connectivity index (χ1n) is 6.49. The van der Waals surface area contributed by atoms with Gasteiger partial charge < -0.3 is 13.7 Å². The fourth-order valence-corrected chi connectivity index (χ4v) is 2.62. The van der Waals surface area contributed by atoms with Crippen LogP contribution in [0.5, 0.6) is 11.5 Å². The minimum Gasteiger partial charge on any atom is -0.508 e. The Morgan fingerprint density at radius 3 is 2.29 bits per heavy atom. The van der Waals surface area contributed by atoms with Gasteiger partial charge in [0, 0.05) is 5.39 Å². The van der Waals surface area contributed by atoms with Crippen LogP contribution in [0.15, 0.2) is 53.1 Å². The van der Waals surface area contributed by atoms with Crippen LogP contribution in [0.4, 0.5) is 13.2 Å². The summed E-state index contributed by atoms with van der Waals surface area (Å²) in [5.74, 6) is -0.506. The predicted octanol–water partition coefficient (Wildman–Crippen LogP) is 4.03. The summed E-state index contributed by atoms with van der Waals surface area (Å²) >= 11 is 0. The highest BCUT2D eigenvalue weighted by atomic mass is 32.2. The second-order valence-electron chi connectivity index (χ2n) is 4.80. The molecular weight excluding hydrogens is 349 g/mol. The number of furan rings is 1. The van der Waals surface area contributed by atoms with Gasteiger partial charge >= 0.3 is 15.6 Å². The van der Waals surface area contributed by atoms with Crippen molar-refractivity contribution in [3.05, 3.63) is 48.7 Å². The van der Waals surface area contributed by atoms with Crippen molar-refractivity contribution in [1.82, 2.24) is 0 Å². The Morgan fingerprint density at radius 1 is 1.00 bits per heavy atom. The van der Waals surface area contributed by atoms with Crippen LogP contribution in [-0.4, -0.2) is 19.0 Å². The van der Waals surface area contributed by atoms with E-state index in [-0.39, 0.29) is 11.3 Å². The van der Waals surface area contributed by atoms with Crippen molar-refractivity contribution >= 4 is 21.1 Å². The third kappa shape index (κ3) is 2.78. The average molecular weight is 358 g/mol. The molecule has 0 aliphatic rings. The number of hydrogen-bond acceptors (Lipinski definition) is 5. The molecule has 0 saturated carbocycles. The second-order valence-corrected chi connectivity index (χ2v) is 6.34. The van der Waals surface area contributed by atoms with Crippen molar-refractivity contribution in [2.75, 3.05) is 0 Å². The topological polar surface area (TPSA) is 76.7 Å². The van der Waals surface area contributed by atoms with Gasteiger partial charge in [0.2, 0.25) is 0 Å². The molecule has 0 fully saturated rings. The number of hydrogen-bond donors (Lipinski definition) is 1. The largest absolute Gasteiger partial charge is 0.534 e. The third-order valence-corrected chi connectivity index (χ3v) is 4.21. The van der Waals surface area contributed by atoms with Gasteiger partial charge in [0.05, 0.1) is 6.26 Å². The Labute approximate surface area is 134 Å². The summed E-state index contributed by atoms with van der Waals surface area (Å²) in [6.45, 7) is 0. The highest BCUT2D eigenvalue weighted by Gasteiger charge is 2.48. The van der Waals surface area contributed by atoms with Crippen molar-refractivity contribution in [2.45, 2.75) is 5.51 Å². The van der Waals surface area contributed by atoms with Crippen LogP contribution < -0.4 is 4.18 Å². The van der Waals surface area contributed by atoms with E-state index in [2.05, 4.69) is 4.18 Å². The van der Waals surface area contributed by atoms with E-state index >= 15 is 0 Å². The molecule has 24 heavy (non-hydrogen) atoms. The van der Waals surface area contributed by atoms with Gasteiger partial charge in [-0.2, -0.15) is 21.6 Å². The zero-order valence-electron chi connectivity index (χ0n) is 11.7. The molecule has 1 aromatic heterocycles. The fraction of sp³-hybridized carbons (Fsp3) is 0.0667. The minimum absolute atomic E-state index is 0.0541. The molecule has 0 atom stereocenters. The minimum atomic E-state index is -5.80. The van der Waals surface area contributed by atoms with E-state index in [9.17, 15) is 26.7 Å². The van der Waals surface area contributed by atoms with Gasteiger partial charge in [-0.1, -0.05) is 12.1 Å². The smallest absolute Gasteiger partial charge is 0.508 e. The number of phenolic OH excluding ortho intramolecular Hbond substituents is 1. The van der Waals surface area contributed by atoms with E-state index in [0.717, 1.165) is 6.07 Å².